The molecule has 1 aromatic carbocycles. The van der Waals surface area contributed by atoms with Gasteiger partial charge in [-0.1, -0.05) is 17.7 Å². The molecule has 1 amide bonds. The van der Waals surface area contributed by atoms with E-state index in [4.69, 9.17) is 31.4 Å². The molecule has 2 rings (SSSR count). The average molecular weight is 425 g/mol. The van der Waals surface area contributed by atoms with E-state index in [1.54, 1.807) is 32.9 Å². The minimum Gasteiger partial charge on any atom is -0.505 e. The molecule has 0 aromatic heterocycles. The highest BCUT2D eigenvalue weighted by Gasteiger charge is 2.52. The number of carbonyl (C=O) groups is 1. The summed E-state index contributed by atoms with van der Waals surface area (Å²) in [6, 6.07) is 3.04. The minimum absolute atomic E-state index is 0.0810. The van der Waals surface area contributed by atoms with Crippen molar-refractivity contribution < 1.29 is 23.9 Å². The first-order chi connectivity index (χ1) is 13.1. The van der Waals surface area contributed by atoms with E-state index < -0.39 is 30.0 Å². The number of anilines is 1. The van der Waals surface area contributed by atoms with E-state index in [1.165, 1.54) is 6.07 Å². The third-order valence-corrected chi connectivity index (χ3v) is 5.08. The highest BCUT2D eigenvalue weighted by atomic mass is 35.5. The Kier molecular flexibility index (Phi) is 6.52. The predicted octanol–water partition coefficient (Wildman–Crippen LogP) is 4.17. The number of phenolic OH excluding ortho intramolecular Hbond substituents is 1. The Balaban J connectivity index is 2.35. The Hall–Kier alpha value is -1.90. The van der Waals surface area contributed by atoms with Gasteiger partial charge in [-0.15, -0.1) is 0 Å². The van der Waals surface area contributed by atoms with Crippen LogP contribution in [0.4, 0.5) is 10.5 Å². The van der Waals surface area contributed by atoms with Crippen LogP contribution in [-0.4, -0.2) is 41.7 Å². The third kappa shape index (κ3) is 5.81. The first-order valence-corrected chi connectivity index (χ1v) is 9.80. The van der Waals surface area contributed by atoms with Crippen LogP contribution in [0.2, 0.25) is 5.02 Å². The molecule has 7 nitrogen and oxygen atoms in total. The number of hydrogen-bond donors (Lipinski definition) is 3. The number of nitrogen functional groups attached to an aromatic ring is 1. The number of hydrogen-bond acceptors (Lipinski definition) is 6. The number of alkyl carbamates (subject to hydrolysis) is 1. The molecule has 0 unspecified atom stereocenters. The second-order valence-corrected chi connectivity index (χ2v) is 9.53. The third-order valence-electron chi connectivity index (χ3n) is 4.87. The van der Waals surface area contributed by atoms with E-state index in [-0.39, 0.29) is 18.0 Å². The molecule has 1 aliphatic rings. The molecular formula is C20H30BClN2O5. The van der Waals surface area contributed by atoms with Crippen molar-refractivity contribution in [2.24, 2.45) is 0 Å². The first-order valence-electron chi connectivity index (χ1n) is 9.42. The zero-order chi connectivity index (χ0) is 22.2. The summed E-state index contributed by atoms with van der Waals surface area (Å²) >= 11 is 6.08. The zero-order valence-corrected chi connectivity index (χ0v) is 18.8. The summed E-state index contributed by atoms with van der Waals surface area (Å²) in [6.07, 6.45) is 1.08. The normalized spacial score (nSPS) is 18.6. The fraction of sp³-hybridized carbons (Fsp3) is 0.550. The number of phenols is 1. The molecule has 4 N–H and O–H groups in total. The molecule has 1 aromatic rings. The predicted molar refractivity (Wildman–Crippen MR) is 116 cm³/mol. The number of aromatic hydroxyl groups is 1. The summed E-state index contributed by atoms with van der Waals surface area (Å²) in [4.78, 5) is 12.1. The smallest absolute Gasteiger partial charge is 0.492 e. The number of halogens is 1. The van der Waals surface area contributed by atoms with Gasteiger partial charge in [0.15, 0.2) is 0 Å². The van der Waals surface area contributed by atoms with Crippen LogP contribution in [0.1, 0.15) is 54.0 Å². The Morgan fingerprint density at radius 2 is 1.83 bits per heavy atom. The Labute approximate surface area is 177 Å². The van der Waals surface area contributed by atoms with Crippen LogP contribution in [0.5, 0.6) is 5.75 Å². The average Bonchev–Trinajstić information content (AvgIpc) is 2.74. The maximum absolute atomic E-state index is 12.1. The van der Waals surface area contributed by atoms with Gasteiger partial charge in [-0.3, -0.25) is 0 Å². The number of rotatable bonds is 4. The van der Waals surface area contributed by atoms with Crippen molar-refractivity contribution in [1.29, 1.82) is 0 Å². The van der Waals surface area contributed by atoms with E-state index in [2.05, 4.69) is 5.32 Å². The van der Waals surface area contributed by atoms with Gasteiger partial charge in [0.1, 0.15) is 11.4 Å². The Morgan fingerprint density at radius 1 is 1.28 bits per heavy atom. The lowest BCUT2D eigenvalue weighted by Gasteiger charge is -2.32. The standard InChI is InChI=1S/C20H30BClN2O5/c1-18(2,3)27-17(26)24-11-13(21-28-19(4,5)20(6,7)29-21)8-12-9-14(22)10-15(23)16(12)25/h8-10,25H,11,23H2,1-7H3,(H,24,26). The summed E-state index contributed by atoms with van der Waals surface area (Å²) in [5, 5.41) is 13.4. The number of nitrogens with one attached hydrogen (secondary N) is 1. The fourth-order valence-corrected chi connectivity index (χ4v) is 2.87. The van der Waals surface area contributed by atoms with Gasteiger partial charge in [-0.2, -0.15) is 0 Å². The number of carbonyl (C=O) groups excluding carboxylic acids is 1. The lowest BCUT2D eigenvalue weighted by Crippen LogP contribution is -2.41. The lowest BCUT2D eigenvalue weighted by molar-refractivity contribution is 0.00578. The monoisotopic (exact) mass is 424 g/mol. The molecule has 1 aliphatic heterocycles. The van der Waals surface area contributed by atoms with Crippen LogP contribution in [-0.2, 0) is 14.0 Å². The summed E-state index contributed by atoms with van der Waals surface area (Å²) in [5.41, 5.74) is 5.16. The SMILES string of the molecule is CC(C)(C)OC(=O)NCC(=Cc1cc(Cl)cc(N)c1O)B1OC(C)(C)C(C)(C)O1. The summed E-state index contributed by atoms with van der Waals surface area (Å²) in [6.45, 7) is 13.2. The number of amides is 1. The van der Waals surface area contributed by atoms with E-state index in [9.17, 15) is 9.90 Å². The zero-order valence-electron chi connectivity index (χ0n) is 18.1. The number of ether oxygens (including phenoxy) is 1. The van der Waals surface area contributed by atoms with Crippen molar-refractivity contribution >= 4 is 36.6 Å². The molecule has 0 bridgehead atoms. The van der Waals surface area contributed by atoms with E-state index >= 15 is 0 Å². The van der Waals surface area contributed by atoms with E-state index in [1.807, 2.05) is 27.7 Å². The Bertz CT molecular complexity index is 802. The van der Waals surface area contributed by atoms with E-state index in [0.29, 0.717) is 16.1 Å². The molecular weight excluding hydrogens is 394 g/mol. The van der Waals surface area contributed by atoms with Gasteiger partial charge < -0.3 is 30.2 Å². The molecule has 29 heavy (non-hydrogen) atoms. The maximum atomic E-state index is 12.1. The molecule has 1 saturated heterocycles. The van der Waals surface area contributed by atoms with Gasteiger partial charge in [0.05, 0.1) is 16.9 Å². The first kappa shape index (κ1) is 23.4. The second kappa shape index (κ2) is 8.09. The van der Waals surface area contributed by atoms with Crippen LogP contribution < -0.4 is 11.1 Å². The van der Waals surface area contributed by atoms with E-state index in [0.717, 1.165) is 0 Å². The molecule has 0 aliphatic carbocycles. The second-order valence-electron chi connectivity index (χ2n) is 9.10. The van der Waals surface area contributed by atoms with Crippen LogP contribution in [0.3, 0.4) is 0 Å². The van der Waals surface area contributed by atoms with Crippen molar-refractivity contribution in [3.05, 3.63) is 28.2 Å². The van der Waals surface area contributed by atoms with Crippen LogP contribution in [0, 0.1) is 0 Å². The Morgan fingerprint density at radius 3 is 2.34 bits per heavy atom. The lowest BCUT2D eigenvalue weighted by atomic mass is 9.77. The molecule has 1 heterocycles. The van der Waals surface area contributed by atoms with Gasteiger partial charge in [0.25, 0.3) is 0 Å². The van der Waals surface area contributed by atoms with Crippen molar-refractivity contribution in [2.45, 2.75) is 65.3 Å². The van der Waals surface area contributed by atoms with Gasteiger partial charge in [0, 0.05) is 17.1 Å². The largest absolute Gasteiger partial charge is 0.505 e. The maximum Gasteiger partial charge on any atom is 0.492 e. The van der Waals surface area contributed by atoms with Crippen LogP contribution in [0.15, 0.2) is 17.6 Å². The van der Waals surface area contributed by atoms with Gasteiger partial charge in [0.2, 0.25) is 0 Å². The molecule has 1 fully saturated rings. The highest BCUT2D eigenvalue weighted by molar-refractivity contribution is 6.56. The van der Waals surface area contributed by atoms with Gasteiger partial charge >= 0.3 is 13.2 Å². The molecule has 160 valence electrons. The molecule has 0 radical (unpaired) electrons. The van der Waals surface area contributed by atoms with Gasteiger partial charge in [-0.05, 0) is 66.1 Å². The van der Waals surface area contributed by atoms with Gasteiger partial charge in [-0.25, -0.2) is 4.79 Å². The van der Waals surface area contributed by atoms with Crippen molar-refractivity contribution in [3.63, 3.8) is 0 Å². The van der Waals surface area contributed by atoms with Crippen LogP contribution in [0.25, 0.3) is 6.08 Å². The minimum atomic E-state index is -0.741. The highest BCUT2D eigenvalue weighted by Crippen LogP contribution is 2.39. The fourth-order valence-electron chi connectivity index (χ4n) is 2.64. The summed E-state index contributed by atoms with van der Waals surface area (Å²) < 4.78 is 17.5. The quantitative estimate of drug-likeness (QED) is 0.381. The number of nitrogens with two attached hydrogens (primary N) is 1. The van der Waals surface area contributed by atoms with Crippen LogP contribution >= 0.6 is 11.6 Å². The summed E-state index contributed by atoms with van der Waals surface area (Å²) in [7, 11) is -0.741. The summed E-state index contributed by atoms with van der Waals surface area (Å²) in [5.74, 6) is -0.110. The molecule has 0 atom stereocenters. The van der Waals surface area contributed by atoms with Crippen molar-refractivity contribution in [3.8, 4) is 5.75 Å². The molecule has 0 spiro atoms. The topological polar surface area (TPSA) is 103 Å². The van der Waals surface area contributed by atoms with Crippen molar-refractivity contribution in [2.75, 3.05) is 12.3 Å². The molecule has 0 saturated carbocycles. The van der Waals surface area contributed by atoms with Crippen molar-refractivity contribution in [1.82, 2.24) is 5.32 Å². The number of benzene rings is 1. The molecule has 9 heteroatoms.